The van der Waals surface area contributed by atoms with Gasteiger partial charge in [-0.25, -0.2) is 13.2 Å². The molecule has 1 aliphatic carbocycles. The second-order valence-electron chi connectivity index (χ2n) is 7.76. The number of carbonyl (C=O) groups is 1. The maximum absolute atomic E-state index is 13.8. The van der Waals surface area contributed by atoms with E-state index in [-0.39, 0.29) is 36.2 Å². The van der Waals surface area contributed by atoms with Crippen LogP contribution in [0.25, 0.3) is 0 Å². The molecule has 2 fully saturated rings. The summed E-state index contributed by atoms with van der Waals surface area (Å²) in [6, 6.07) is 0.0831. The summed E-state index contributed by atoms with van der Waals surface area (Å²) < 4.78 is 45.4. The molecular formula is C19H21F3N4O3. The molecular weight excluding hydrogens is 389 g/mol. The fraction of sp³-hybridized carbons (Fsp3) is 0.526. The first kappa shape index (κ1) is 19.8. The van der Waals surface area contributed by atoms with Gasteiger partial charge in [-0.1, -0.05) is 5.16 Å². The highest BCUT2D eigenvalue weighted by Crippen LogP contribution is 2.45. The van der Waals surface area contributed by atoms with Gasteiger partial charge in [0.15, 0.2) is 17.5 Å². The Kier molecular flexibility index (Phi) is 5.07. The summed E-state index contributed by atoms with van der Waals surface area (Å²) in [6.45, 7) is 0.490. The van der Waals surface area contributed by atoms with Crippen LogP contribution < -0.4 is 5.73 Å². The van der Waals surface area contributed by atoms with E-state index in [9.17, 15) is 23.1 Å². The van der Waals surface area contributed by atoms with Crippen molar-refractivity contribution in [1.82, 2.24) is 15.0 Å². The van der Waals surface area contributed by atoms with E-state index in [4.69, 9.17) is 10.3 Å². The standard InChI is InChI=1S/C19H21F3N4O3/c20-12-9-14(22)13(21)7-10(12)6-11(23)8-16(27)26-5-1-2-15(26)17-24-18(29-25-17)19(28)3-4-19/h7,9,11,15,28H,1-6,8,23H2/t11-,15+/m1/s1. The number of aliphatic hydroxyl groups is 1. The molecule has 0 bridgehead atoms. The van der Waals surface area contributed by atoms with Gasteiger partial charge < -0.3 is 20.3 Å². The van der Waals surface area contributed by atoms with Crippen LogP contribution in [0.3, 0.4) is 0 Å². The van der Waals surface area contributed by atoms with Crippen molar-refractivity contribution in [3.05, 3.63) is 46.9 Å². The molecule has 2 aliphatic rings. The summed E-state index contributed by atoms with van der Waals surface area (Å²) >= 11 is 0. The number of hydrogen-bond donors (Lipinski definition) is 2. The lowest BCUT2D eigenvalue weighted by molar-refractivity contribution is -0.132. The SMILES string of the molecule is N[C@@H](CC(=O)N1CCC[C@H]1c1noc(C2(O)CC2)n1)Cc1cc(F)c(F)cc1F. The normalized spacial score (nSPS) is 21.4. The number of rotatable bonds is 6. The zero-order valence-corrected chi connectivity index (χ0v) is 15.6. The van der Waals surface area contributed by atoms with Crippen molar-refractivity contribution in [3.8, 4) is 0 Å². The molecule has 1 saturated carbocycles. The number of benzene rings is 1. The summed E-state index contributed by atoms with van der Waals surface area (Å²) in [6.07, 6.45) is 2.33. The Morgan fingerprint density at radius 2 is 2.03 bits per heavy atom. The number of amides is 1. The second-order valence-corrected chi connectivity index (χ2v) is 7.76. The quantitative estimate of drug-likeness (QED) is 0.707. The predicted molar refractivity (Wildman–Crippen MR) is 93.7 cm³/mol. The lowest BCUT2D eigenvalue weighted by Crippen LogP contribution is -2.36. The van der Waals surface area contributed by atoms with Crippen LogP contribution in [0.4, 0.5) is 13.2 Å². The number of carbonyl (C=O) groups excluding carboxylic acids is 1. The Bertz CT molecular complexity index is 931. The third kappa shape index (κ3) is 3.99. The molecule has 10 heteroatoms. The molecule has 2 heterocycles. The average Bonchev–Trinajstić information content (AvgIpc) is 3.10. The highest BCUT2D eigenvalue weighted by Gasteiger charge is 2.48. The molecule has 1 saturated heterocycles. The van der Waals surface area contributed by atoms with E-state index in [1.165, 1.54) is 0 Å². The summed E-state index contributed by atoms with van der Waals surface area (Å²) in [5, 5.41) is 14.0. The van der Waals surface area contributed by atoms with Crippen LogP contribution in [0.1, 0.15) is 55.4 Å². The van der Waals surface area contributed by atoms with Crippen molar-refractivity contribution in [2.75, 3.05) is 6.54 Å². The number of halogens is 3. The van der Waals surface area contributed by atoms with E-state index in [0.29, 0.717) is 37.7 Å². The Morgan fingerprint density at radius 1 is 1.31 bits per heavy atom. The van der Waals surface area contributed by atoms with Gasteiger partial charge in [0.1, 0.15) is 11.4 Å². The van der Waals surface area contributed by atoms with Gasteiger partial charge in [-0.3, -0.25) is 4.79 Å². The van der Waals surface area contributed by atoms with Crippen LogP contribution >= 0.6 is 0 Å². The summed E-state index contributed by atoms with van der Waals surface area (Å²) in [5.41, 5.74) is 4.84. The fourth-order valence-electron chi connectivity index (χ4n) is 3.64. The van der Waals surface area contributed by atoms with Gasteiger partial charge in [-0.2, -0.15) is 4.98 Å². The van der Waals surface area contributed by atoms with Crippen molar-refractivity contribution in [1.29, 1.82) is 0 Å². The van der Waals surface area contributed by atoms with Crippen molar-refractivity contribution in [3.63, 3.8) is 0 Å². The molecule has 1 aromatic heterocycles. The molecule has 156 valence electrons. The molecule has 29 heavy (non-hydrogen) atoms. The van der Waals surface area contributed by atoms with Crippen LogP contribution in [0.5, 0.6) is 0 Å². The molecule has 2 aromatic rings. The molecule has 1 aromatic carbocycles. The van der Waals surface area contributed by atoms with E-state index in [1.54, 1.807) is 4.90 Å². The first-order chi connectivity index (χ1) is 13.8. The van der Waals surface area contributed by atoms with Gasteiger partial charge in [0.2, 0.25) is 5.91 Å². The lowest BCUT2D eigenvalue weighted by atomic mass is 10.0. The molecule has 7 nitrogen and oxygen atoms in total. The van der Waals surface area contributed by atoms with Crippen LogP contribution in [0.15, 0.2) is 16.7 Å². The second kappa shape index (κ2) is 7.42. The van der Waals surface area contributed by atoms with Gasteiger partial charge in [0.05, 0.1) is 6.04 Å². The summed E-state index contributed by atoms with van der Waals surface area (Å²) in [7, 11) is 0. The Labute approximate surface area is 164 Å². The highest BCUT2D eigenvalue weighted by atomic mass is 19.2. The van der Waals surface area contributed by atoms with Gasteiger partial charge in [0.25, 0.3) is 5.89 Å². The highest BCUT2D eigenvalue weighted by molar-refractivity contribution is 5.77. The molecule has 0 spiro atoms. The van der Waals surface area contributed by atoms with Crippen LogP contribution in [-0.2, 0) is 16.8 Å². The number of nitrogens with two attached hydrogens (primary N) is 1. The number of likely N-dealkylation sites (tertiary alicyclic amines) is 1. The topological polar surface area (TPSA) is 105 Å². The van der Waals surface area contributed by atoms with Gasteiger partial charge in [-0.15, -0.1) is 0 Å². The van der Waals surface area contributed by atoms with Gasteiger partial charge in [0, 0.05) is 25.1 Å². The monoisotopic (exact) mass is 410 g/mol. The zero-order valence-electron chi connectivity index (χ0n) is 15.6. The number of hydrogen-bond acceptors (Lipinski definition) is 6. The van der Waals surface area contributed by atoms with E-state index < -0.39 is 29.1 Å². The predicted octanol–water partition coefficient (Wildman–Crippen LogP) is 2.09. The number of nitrogens with zero attached hydrogens (tertiary/aromatic N) is 3. The molecule has 0 unspecified atom stereocenters. The van der Waals surface area contributed by atoms with Crippen molar-refractivity contribution < 1.29 is 27.6 Å². The fourth-order valence-corrected chi connectivity index (χ4v) is 3.64. The third-order valence-electron chi connectivity index (χ3n) is 5.44. The minimum atomic E-state index is -1.27. The third-order valence-corrected chi connectivity index (χ3v) is 5.44. The van der Waals surface area contributed by atoms with Crippen molar-refractivity contribution in [2.24, 2.45) is 5.73 Å². The maximum Gasteiger partial charge on any atom is 0.258 e. The van der Waals surface area contributed by atoms with Crippen molar-refractivity contribution >= 4 is 5.91 Å². The molecule has 3 N–H and O–H groups in total. The van der Waals surface area contributed by atoms with E-state index >= 15 is 0 Å². The molecule has 1 aliphatic heterocycles. The minimum Gasteiger partial charge on any atom is -0.380 e. The average molecular weight is 410 g/mol. The Balaban J connectivity index is 1.41. The number of aromatic nitrogens is 2. The van der Waals surface area contributed by atoms with E-state index in [2.05, 4.69) is 10.1 Å². The minimum absolute atomic E-state index is 0.0809. The molecule has 1 amide bonds. The lowest BCUT2D eigenvalue weighted by Gasteiger charge is -2.24. The smallest absolute Gasteiger partial charge is 0.258 e. The molecule has 2 atom stereocenters. The van der Waals surface area contributed by atoms with Crippen LogP contribution in [0, 0.1) is 17.5 Å². The summed E-state index contributed by atoms with van der Waals surface area (Å²) in [4.78, 5) is 18.6. The Morgan fingerprint density at radius 3 is 2.76 bits per heavy atom. The van der Waals surface area contributed by atoms with Crippen molar-refractivity contribution in [2.45, 2.75) is 56.2 Å². The van der Waals surface area contributed by atoms with E-state index in [0.717, 1.165) is 12.5 Å². The zero-order chi connectivity index (χ0) is 20.8. The first-order valence-corrected chi connectivity index (χ1v) is 9.52. The first-order valence-electron chi connectivity index (χ1n) is 9.52. The summed E-state index contributed by atoms with van der Waals surface area (Å²) in [5.74, 6) is -3.10. The van der Waals surface area contributed by atoms with Crippen LogP contribution in [0.2, 0.25) is 0 Å². The van der Waals surface area contributed by atoms with E-state index in [1.807, 2.05) is 0 Å². The largest absolute Gasteiger partial charge is 0.380 e. The Hall–Kier alpha value is -2.46. The van der Waals surface area contributed by atoms with Crippen LogP contribution in [-0.4, -0.2) is 38.6 Å². The molecule has 0 radical (unpaired) electrons. The molecule has 4 rings (SSSR count). The van der Waals surface area contributed by atoms with Gasteiger partial charge >= 0.3 is 0 Å². The maximum atomic E-state index is 13.8. The van der Waals surface area contributed by atoms with Gasteiger partial charge in [-0.05, 0) is 43.7 Å².